The second-order valence-electron chi connectivity index (χ2n) is 4.88. The molecule has 4 rings (SSSR count). The molecule has 4 heterocycles. The minimum Gasteiger partial charge on any atom is -0.481 e. The van der Waals surface area contributed by atoms with E-state index in [0.29, 0.717) is 5.88 Å². The lowest BCUT2D eigenvalue weighted by atomic mass is 10.2. The number of nitrogens with zero attached hydrogens (tertiary/aromatic N) is 5. The van der Waals surface area contributed by atoms with E-state index in [2.05, 4.69) is 14.9 Å². The molecule has 1 fully saturated rings. The first-order valence-electron chi connectivity index (χ1n) is 7.03. The molecule has 1 saturated heterocycles. The number of pyridine rings is 1. The number of imidazole rings is 1. The maximum atomic E-state index is 5.39. The Balaban J connectivity index is 1.77. The van der Waals surface area contributed by atoms with E-state index in [1.807, 2.05) is 22.8 Å². The molecule has 3 aromatic rings. The number of fused-ring (bicyclic) bond motifs is 1. The molecule has 1 aliphatic heterocycles. The van der Waals surface area contributed by atoms with Gasteiger partial charge in [-0.05, 0) is 12.1 Å². The summed E-state index contributed by atoms with van der Waals surface area (Å²) in [7, 11) is 1.62. The van der Waals surface area contributed by atoms with Crippen LogP contribution in [0.2, 0.25) is 0 Å². The van der Waals surface area contributed by atoms with Crippen LogP contribution in [0.4, 0.5) is 5.13 Å². The lowest BCUT2D eigenvalue weighted by Gasteiger charge is -2.25. The summed E-state index contributed by atoms with van der Waals surface area (Å²) in [5.41, 5.74) is 1.77. The monoisotopic (exact) mass is 317 g/mol. The highest BCUT2D eigenvalue weighted by Gasteiger charge is 2.19. The van der Waals surface area contributed by atoms with Gasteiger partial charge in [0, 0.05) is 19.3 Å². The Kier molecular flexibility index (Phi) is 3.39. The van der Waals surface area contributed by atoms with Crippen molar-refractivity contribution in [1.82, 2.24) is 19.6 Å². The Morgan fingerprint density at radius 3 is 2.95 bits per heavy atom. The second kappa shape index (κ2) is 5.54. The van der Waals surface area contributed by atoms with Gasteiger partial charge in [-0.2, -0.15) is 0 Å². The van der Waals surface area contributed by atoms with Crippen molar-refractivity contribution >= 4 is 21.4 Å². The van der Waals surface area contributed by atoms with E-state index in [-0.39, 0.29) is 0 Å². The van der Waals surface area contributed by atoms with Gasteiger partial charge in [-0.3, -0.25) is 0 Å². The number of ether oxygens (including phenoxy) is 2. The Hall–Kier alpha value is -2.19. The van der Waals surface area contributed by atoms with Crippen molar-refractivity contribution in [3.05, 3.63) is 24.5 Å². The molecule has 0 aliphatic carbocycles. The third-order valence-electron chi connectivity index (χ3n) is 3.60. The number of rotatable bonds is 3. The van der Waals surface area contributed by atoms with Gasteiger partial charge < -0.3 is 14.4 Å². The normalized spacial score (nSPS) is 15.4. The molecular weight excluding hydrogens is 302 g/mol. The van der Waals surface area contributed by atoms with E-state index < -0.39 is 0 Å². The van der Waals surface area contributed by atoms with Crippen LogP contribution in [0.15, 0.2) is 24.5 Å². The van der Waals surface area contributed by atoms with Crippen LogP contribution in [0.3, 0.4) is 0 Å². The molecule has 8 heteroatoms. The predicted molar refractivity (Wildman–Crippen MR) is 83.7 cm³/mol. The Bertz CT molecular complexity index is 793. The number of morpholine rings is 1. The van der Waals surface area contributed by atoms with Gasteiger partial charge in [-0.15, -0.1) is 5.10 Å². The van der Waals surface area contributed by atoms with E-state index in [1.54, 1.807) is 24.6 Å². The van der Waals surface area contributed by atoms with Gasteiger partial charge in [0.25, 0.3) is 0 Å². The van der Waals surface area contributed by atoms with Crippen molar-refractivity contribution in [3.8, 4) is 17.1 Å². The molecule has 1 aliphatic rings. The van der Waals surface area contributed by atoms with Crippen LogP contribution in [0.1, 0.15) is 0 Å². The molecule has 0 unspecified atom stereocenters. The first kappa shape index (κ1) is 13.5. The molecular formula is C14H15N5O2S. The highest BCUT2D eigenvalue weighted by atomic mass is 32.1. The van der Waals surface area contributed by atoms with Gasteiger partial charge in [-0.1, -0.05) is 11.3 Å². The minimum atomic E-state index is 0.574. The van der Waals surface area contributed by atoms with E-state index >= 15 is 0 Å². The van der Waals surface area contributed by atoms with Crippen LogP contribution < -0.4 is 9.64 Å². The summed E-state index contributed by atoms with van der Waals surface area (Å²) < 4.78 is 12.6. The summed E-state index contributed by atoms with van der Waals surface area (Å²) >= 11 is 1.58. The molecule has 0 spiro atoms. The molecule has 22 heavy (non-hydrogen) atoms. The van der Waals surface area contributed by atoms with E-state index in [9.17, 15) is 0 Å². The predicted octanol–water partition coefficient (Wildman–Crippen LogP) is 1.70. The van der Waals surface area contributed by atoms with Crippen LogP contribution in [-0.4, -0.2) is 53.0 Å². The van der Waals surface area contributed by atoms with Crippen LogP contribution in [0.25, 0.3) is 16.2 Å². The van der Waals surface area contributed by atoms with Gasteiger partial charge in [0.15, 0.2) is 0 Å². The highest BCUT2D eigenvalue weighted by Crippen LogP contribution is 2.31. The largest absolute Gasteiger partial charge is 0.481 e. The van der Waals surface area contributed by atoms with Crippen molar-refractivity contribution < 1.29 is 9.47 Å². The van der Waals surface area contributed by atoms with Gasteiger partial charge >= 0.3 is 0 Å². The topological polar surface area (TPSA) is 64.8 Å². The molecule has 114 valence electrons. The zero-order chi connectivity index (χ0) is 14.9. The summed E-state index contributed by atoms with van der Waals surface area (Å²) in [6.07, 6.45) is 3.52. The van der Waals surface area contributed by atoms with Crippen molar-refractivity contribution in [1.29, 1.82) is 0 Å². The zero-order valence-corrected chi connectivity index (χ0v) is 12.9. The fourth-order valence-corrected chi connectivity index (χ4v) is 3.43. The maximum Gasteiger partial charge on any atom is 0.222 e. The number of anilines is 1. The van der Waals surface area contributed by atoms with E-state index in [0.717, 1.165) is 47.7 Å². The van der Waals surface area contributed by atoms with Gasteiger partial charge in [0.2, 0.25) is 16.0 Å². The molecule has 0 radical (unpaired) electrons. The number of hydrogen-bond acceptors (Lipinski definition) is 7. The lowest BCUT2D eigenvalue weighted by molar-refractivity contribution is 0.122. The standard InChI is InChI=1S/C14H15N5O2S/c1-20-12-10(3-2-4-15-12)11-9-16-13-19(11)17-14(22-13)18-5-7-21-8-6-18/h2-4,9H,5-8H2,1H3. The Morgan fingerprint density at radius 2 is 2.14 bits per heavy atom. The minimum absolute atomic E-state index is 0.574. The molecule has 0 N–H and O–H groups in total. The Labute approximate surface area is 131 Å². The van der Waals surface area contributed by atoms with Crippen molar-refractivity contribution in [2.75, 3.05) is 38.3 Å². The molecule has 7 nitrogen and oxygen atoms in total. The zero-order valence-electron chi connectivity index (χ0n) is 12.1. The summed E-state index contributed by atoms with van der Waals surface area (Å²) in [6, 6.07) is 3.84. The van der Waals surface area contributed by atoms with Crippen LogP contribution in [0, 0.1) is 0 Å². The van der Waals surface area contributed by atoms with Crippen molar-refractivity contribution in [2.45, 2.75) is 0 Å². The molecule has 0 amide bonds. The first-order chi connectivity index (χ1) is 10.9. The third kappa shape index (κ3) is 2.20. The average molecular weight is 317 g/mol. The summed E-state index contributed by atoms with van der Waals surface area (Å²) in [4.78, 5) is 11.8. The van der Waals surface area contributed by atoms with E-state index in [1.165, 1.54) is 0 Å². The van der Waals surface area contributed by atoms with E-state index in [4.69, 9.17) is 14.6 Å². The third-order valence-corrected chi connectivity index (χ3v) is 4.58. The number of methoxy groups -OCH3 is 1. The van der Waals surface area contributed by atoms with Crippen LogP contribution >= 0.6 is 11.3 Å². The van der Waals surface area contributed by atoms with Gasteiger partial charge in [0.1, 0.15) is 0 Å². The fraction of sp³-hybridized carbons (Fsp3) is 0.357. The van der Waals surface area contributed by atoms with Gasteiger partial charge in [-0.25, -0.2) is 14.5 Å². The quantitative estimate of drug-likeness (QED) is 0.732. The average Bonchev–Trinajstić information content (AvgIpc) is 3.16. The molecule has 0 saturated carbocycles. The summed E-state index contributed by atoms with van der Waals surface area (Å²) in [5, 5.41) is 5.68. The first-order valence-corrected chi connectivity index (χ1v) is 7.85. The number of hydrogen-bond donors (Lipinski definition) is 0. The van der Waals surface area contributed by atoms with Gasteiger partial charge in [0.05, 0.1) is 37.8 Å². The lowest BCUT2D eigenvalue weighted by Crippen LogP contribution is -2.36. The summed E-state index contributed by atoms with van der Waals surface area (Å²) in [6.45, 7) is 3.21. The smallest absolute Gasteiger partial charge is 0.222 e. The molecule has 0 aromatic carbocycles. The fourth-order valence-electron chi connectivity index (χ4n) is 2.50. The molecule has 3 aromatic heterocycles. The van der Waals surface area contributed by atoms with Crippen LogP contribution in [-0.2, 0) is 4.74 Å². The maximum absolute atomic E-state index is 5.39. The Morgan fingerprint density at radius 1 is 1.27 bits per heavy atom. The number of aromatic nitrogens is 4. The van der Waals surface area contributed by atoms with Crippen molar-refractivity contribution in [3.63, 3.8) is 0 Å². The molecule has 0 bridgehead atoms. The SMILES string of the molecule is COc1ncccc1-c1cnc2sc(N3CCOCC3)nn12. The summed E-state index contributed by atoms with van der Waals surface area (Å²) in [5.74, 6) is 0.574. The van der Waals surface area contributed by atoms with Crippen LogP contribution in [0.5, 0.6) is 5.88 Å². The van der Waals surface area contributed by atoms with Crippen molar-refractivity contribution in [2.24, 2.45) is 0 Å². The molecule has 0 atom stereocenters. The highest BCUT2D eigenvalue weighted by molar-refractivity contribution is 7.20. The second-order valence-corrected chi connectivity index (χ2v) is 5.82.